The molecular weight excluding hydrogens is 306 g/mol. The first-order chi connectivity index (χ1) is 11.6. The molecular formula is C17H23N5O2. The second-order valence-corrected chi connectivity index (χ2v) is 6.13. The molecule has 3 rings (SSSR count). The van der Waals surface area contributed by atoms with E-state index in [1.165, 1.54) is 6.33 Å². The lowest BCUT2D eigenvalue weighted by atomic mass is 10.1. The Morgan fingerprint density at radius 1 is 1.46 bits per heavy atom. The van der Waals surface area contributed by atoms with Crippen LogP contribution in [0.25, 0.3) is 5.69 Å². The fourth-order valence-corrected chi connectivity index (χ4v) is 2.75. The topological polar surface area (TPSA) is 72.3 Å². The maximum atomic E-state index is 12.3. The minimum Gasteiger partial charge on any atom is -0.381 e. The molecule has 7 heteroatoms. The zero-order chi connectivity index (χ0) is 16.9. The largest absolute Gasteiger partial charge is 0.381 e. The third-order valence-electron chi connectivity index (χ3n) is 4.53. The van der Waals surface area contributed by atoms with E-state index in [1.54, 1.807) is 15.9 Å². The van der Waals surface area contributed by atoms with Crippen LogP contribution in [0.2, 0.25) is 0 Å². The summed E-state index contributed by atoms with van der Waals surface area (Å²) in [6, 6.07) is 7.89. The van der Waals surface area contributed by atoms with E-state index in [0.29, 0.717) is 12.5 Å². The summed E-state index contributed by atoms with van der Waals surface area (Å²) in [4.78, 5) is 18.0. The van der Waals surface area contributed by atoms with Crippen LogP contribution in [0.5, 0.6) is 0 Å². The van der Waals surface area contributed by atoms with E-state index in [4.69, 9.17) is 4.74 Å². The van der Waals surface area contributed by atoms with E-state index in [0.717, 1.165) is 30.9 Å². The zero-order valence-electron chi connectivity index (χ0n) is 14.1. The summed E-state index contributed by atoms with van der Waals surface area (Å²) in [6.45, 7) is 4.22. The average molecular weight is 329 g/mol. The van der Waals surface area contributed by atoms with Gasteiger partial charge in [0.15, 0.2) is 0 Å². The number of nitrogens with zero attached hydrogens (tertiary/aromatic N) is 4. The van der Waals surface area contributed by atoms with E-state index in [-0.39, 0.29) is 12.1 Å². The van der Waals surface area contributed by atoms with Crippen LogP contribution >= 0.6 is 0 Å². The van der Waals surface area contributed by atoms with Crippen LogP contribution in [0.1, 0.15) is 24.9 Å². The third-order valence-corrected chi connectivity index (χ3v) is 4.53. The minimum atomic E-state index is -0.0604. The Kier molecular flexibility index (Phi) is 5.10. The van der Waals surface area contributed by atoms with Crippen LogP contribution in [0.3, 0.4) is 0 Å². The number of amides is 2. The lowest BCUT2D eigenvalue weighted by Gasteiger charge is -2.26. The number of benzene rings is 1. The molecule has 0 bridgehead atoms. The lowest BCUT2D eigenvalue weighted by molar-refractivity contribution is 0.179. The van der Waals surface area contributed by atoms with Gasteiger partial charge in [-0.05, 0) is 31.0 Å². The van der Waals surface area contributed by atoms with Gasteiger partial charge in [0, 0.05) is 26.1 Å². The van der Waals surface area contributed by atoms with Gasteiger partial charge in [-0.15, -0.1) is 0 Å². The number of nitrogens with one attached hydrogen (secondary N) is 1. The standard InChI is InChI=1S/C17H23N5O2/c1-13(21(2)17(23)19-9-14-7-8-24-10-14)15-3-5-16(6-4-15)22-12-18-11-20-22/h3-6,11-14H,7-10H2,1-2H3,(H,19,23)/t13-,14-/m1/s1. The monoisotopic (exact) mass is 329 g/mol. The van der Waals surface area contributed by atoms with Gasteiger partial charge in [0.05, 0.1) is 18.3 Å². The highest BCUT2D eigenvalue weighted by Gasteiger charge is 2.20. The summed E-state index contributed by atoms with van der Waals surface area (Å²) in [7, 11) is 1.82. The summed E-state index contributed by atoms with van der Waals surface area (Å²) in [5.74, 6) is 0.430. The van der Waals surface area contributed by atoms with Crippen LogP contribution in [0.15, 0.2) is 36.9 Å². The number of carbonyl (C=O) groups is 1. The zero-order valence-corrected chi connectivity index (χ0v) is 14.1. The third kappa shape index (κ3) is 3.73. The Balaban J connectivity index is 1.57. The Bertz CT molecular complexity index is 650. The van der Waals surface area contributed by atoms with E-state index >= 15 is 0 Å². The molecule has 2 amide bonds. The number of ether oxygens (including phenoxy) is 1. The SMILES string of the molecule is C[C@H](c1ccc(-n2cncn2)cc1)N(C)C(=O)NC[C@H]1CCOC1. The van der Waals surface area contributed by atoms with Gasteiger partial charge in [-0.25, -0.2) is 14.5 Å². The molecule has 0 radical (unpaired) electrons. The molecule has 1 aromatic carbocycles. The quantitative estimate of drug-likeness (QED) is 0.911. The van der Waals surface area contributed by atoms with Gasteiger partial charge >= 0.3 is 6.03 Å². The Morgan fingerprint density at radius 2 is 2.25 bits per heavy atom. The second-order valence-electron chi connectivity index (χ2n) is 6.13. The maximum absolute atomic E-state index is 12.3. The first-order valence-electron chi connectivity index (χ1n) is 8.18. The van der Waals surface area contributed by atoms with Crippen LogP contribution in [-0.4, -0.2) is 52.5 Å². The molecule has 1 saturated heterocycles. The van der Waals surface area contributed by atoms with Crippen molar-refractivity contribution in [2.75, 3.05) is 26.8 Å². The first-order valence-corrected chi connectivity index (χ1v) is 8.18. The Hall–Kier alpha value is -2.41. The predicted molar refractivity (Wildman–Crippen MR) is 89.9 cm³/mol. The fraction of sp³-hybridized carbons (Fsp3) is 0.471. The molecule has 2 aromatic rings. The molecule has 128 valence electrons. The molecule has 1 aliphatic heterocycles. The summed E-state index contributed by atoms with van der Waals surface area (Å²) in [5, 5.41) is 7.10. The van der Waals surface area contributed by atoms with Crippen molar-refractivity contribution in [2.45, 2.75) is 19.4 Å². The van der Waals surface area contributed by atoms with Crippen molar-refractivity contribution in [1.29, 1.82) is 0 Å². The van der Waals surface area contributed by atoms with Crippen molar-refractivity contribution in [3.63, 3.8) is 0 Å². The molecule has 1 fully saturated rings. The van der Waals surface area contributed by atoms with Crippen LogP contribution in [0.4, 0.5) is 4.79 Å². The Labute approximate surface area is 141 Å². The van der Waals surface area contributed by atoms with Crippen molar-refractivity contribution in [1.82, 2.24) is 25.0 Å². The van der Waals surface area contributed by atoms with E-state index in [2.05, 4.69) is 15.4 Å². The summed E-state index contributed by atoms with van der Waals surface area (Å²) in [6.07, 6.45) is 4.18. The van der Waals surface area contributed by atoms with Gasteiger partial charge in [-0.1, -0.05) is 12.1 Å². The molecule has 7 nitrogen and oxygen atoms in total. The molecule has 0 saturated carbocycles. The molecule has 1 N–H and O–H groups in total. The molecule has 1 aromatic heterocycles. The first kappa shape index (κ1) is 16.4. The van der Waals surface area contributed by atoms with Gasteiger partial charge in [0.2, 0.25) is 0 Å². The second kappa shape index (κ2) is 7.44. The van der Waals surface area contributed by atoms with Crippen molar-refractivity contribution in [2.24, 2.45) is 5.92 Å². The number of urea groups is 1. The number of hydrogen-bond acceptors (Lipinski definition) is 4. The van der Waals surface area contributed by atoms with Crippen LogP contribution in [0, 0.1) is 5.92 Å². The molecule has 2 heterocycles. The Morgan fingerprint density at radius 3 is 2.88 bits per heavy atom. The molecule has 24 heavy (non-hydrogen) atoms. The highest BCUT2D eigenvalue weighted by molar-refractivity contribution is 5.74. The summed E-state index contributed by atoms with van der Waals surface area (Å²) in [5.41, 5.74) is 2.01. The lowest BCUT2D eigenvalue weighted by Crippen LogP contribution is -2.40. The van der Waals surface area contributed by atoms with E-state index in [9.17, 15) is 4.79 Å². The van der Waals surface area contributed by atoms with Gasteiger partial charge < -0.3 is 15.0 Å². The van der Waals surface area contributed by atoms with Crippen LogP contribution < -0.4 is 5.32 Å². The number of carbonyl (C=O) groups excluding carboxylic acids is 1. The fourth-order valence-electron chi connectivity index (χ4n) is 2.75. The van der Waals surface area contributed by atoms with Crippen molar-refractivity contribution < 1.29 is 9.53 Å². The van der Waals surface area contributed by atoms with Gasteiger partial charge in [-0.3, -0.25) is 0 Å². The van der Waals surface area contributed by atoms with Gasteiger partial charge in [0.1, 0.15) is 12.7 Å². The smallest absolute Gasteiger partial charge is 0.317 e. The van der Waals surface area contributed by atoms with E-state index < -0.39 is 0 Å². The normalized spacial score (nSPS) is 18.3. The maximum Gasteiger partial charge on any atom is 0.317 e. The van der Waals surface area contributed by atoms with Gasteiger partial charge in [-0.2, -0.15) is 5.10 Å². The van der Waals surface area contributed by atoms with Crippen molar-refractivity contribution in [3.8, 4) is 5.69 Å². The summed E-state index contributed by atoms with van der Waals surface area (Å²) >= 11 is 0. The predicted octanol–water partition coefficient (Wildman–Crippen LogP) is 2.01. The molecule has 1 aliphatic rings. The number of rotatable bonds is 5. The minimum absolute atomic E-state index is 0.0189. The molecule has 0 aliphatic carbocycles. The molecule has 2 atom stereocenters. The van der Waals surface area contributed by atoms with Crippen LogP contribution in [-0.2, 0) is 4.74 Å². The average Bonchev–Trinajstić information content (AvgIpc) is 3.32. The highest BCUT2D eigenvalue weighted by atomic mass is 16.5. The van der Waals surface area contributed by atoms with E-state index in [1.807, 2.05) is 38.2 Å². The van der Waals surface area contributed by atoms with Gasteiger partial charge in [0.25, 0.3) is 0 Å². The van der Waals surface area contributed by atoms with Crippen molar-refractivity contribution >= 4 is 6.03 Å². The molecule has 0 spiro atoms. The number of hydrogen-bond donors (Lipinski definition) is 1. The summed E-state index contributed by atoms with van der Waals surface area (Å²) < 4.78 is 7.03. The highest BCUT2D eigenvalue weighted by Crippen LogP contribution is 2.20. The number of aromatic nitrogens is 3. The van der Waals surface area contributed by atoms with Crippen molar-refractivity contribution in [3.05, 3.63) is 42.5 Å². The molecule has 0 unspecified atom stereocenters.